The molecule has 0 fully saturated rings. The molecule has 0 aromatic heterocycles. The van der Waals surface area contributed by atoms with Crippen LogP contribution < -0.4 is 11.5 Å². The van der Waals surface area contributed by atoms with Crippen LogP contribution in [0.2, 0.25) is 0 Å². The van der Waals surface area contributed by atoms with Gasteiger partial charge in [0.05, 0.1) is 6.61 Å². The van der Waals surface area contributed by atoms with E-state index in [0.29, 0.717) is 0 Å². The predicted molar refractivity (Wildman–Crippen MR) is 51.0 cm³/mol. The molecule has 0 aromatic carbocycles. The van der Waals surface area contributed by atoms with E-state index in [1.54, 1.807) is 6.92 Å². The van der Waals surface area contributed by atoms with Crippen LogP contribution in [0.5, 0.6) is 0 Å². The molecule has 0 bridgehead atoms. The number of nitrogens with two attached hydrogens (primary N) is 2. The lowest BCUT2D eigenvalue weighted by Gasteiger charge is -2.00. The molecule has 0 amide bonds. The lowest BCUT2D eigenvalue weighted by atomic mass is 10.7. The lowest BCUT2D eigenvalue weighted by Crippen LogP contribution is -2.25. The summed E-state index contributed by atoms with van der Waals surface area (Å²) in [7, 11) is 0. The fourth-order valence-electron chi connectivity index (χ4n) is 0.428. The van der Waals surface area contributed by atoms with Gasteiger partial charge in [0.15, 0.2) is 5.96 Å². The summed E-state index contributed by atoms with van der Waals surface area (Å²) in [6.45, 7) is 1.32. The SMILES string of the molecule is CCOC(=O)OC(=O)CN=C(N)N.Cl. The molecular weight excluding hydrogens is 214 g/mol. The quantitative estimate of drug-likeness (QED) is 0.286. The Hall–Kier alpha value is -1.50. The molecule has 7 nitrogen and oxygen atoms in total. The molecule has 0 aromatic rings. The van der Waals surface area contributed by atoms with Crippen LogP contribution in [-0.4, -0.2) is 31.2 Å². The van der Waals surface area contributed by atoms with E-state index in [4.69, 9.17) is 11.5 Å². The Bertz CT molecular complexity index is 227. The molecule has 82 valence electrons. The summed E-state index contributed by atoms with van der Waals surface area (Å²) in [6.07, 6.45) is -1.06. The third kappa shape index (κ3) is 8.60. The molecule has 8 heteroatoms. The van der Waals surface area contributed by atoms with Crippen LogP contribution in [0.4, 0.5) is 4.79 Å². The summed E-state index contributed by atoms with van der Waals surface area (Å²) < 4.78 is 8.45. The normalized spacial score (nSPS) is 8.07. The largest absolute Gasteiger partial charge is 0.516 e. The molecule has 0 unspecified atom stereocenters. The molecule has 0 aliphatic rings. The van der Waals surface area contributed by atoms with Crippen LogP contribution in [0.15, 0.2) is 4.99 Å². The van der Waals surface area contributed by atoms with E-state index in [2.05, 4.69) is 14.5 Å². The minimum absolute atomic E-state index is 0. The van der Waals surface area contributed by atoms with Crippen molar-refractivity contribution in [2.24, 2.45) is 16.5 Å². The zero-order chi connectivity index (χ0) is 10.3. The highest BCUT2D eigenvalue weighted by molar-refractivity contribution is 5.86. The zero-order valence-corrected chi connectivity index (χ0v) is 8.37. The second kappa shape index (κ2) is 8.11. The van der Waals surface area contributed by atoms with Crippen molar-refractivity contribution in [1.29, 1.82) is 0 Å². The summed E-state index contributed by atoms with van der Waals surface area (Å²) >= 11 is 0. The second-order valence-corrected chi connectivity index (χ2v) is 1.90. The van der Waals surface area contributed by atoms with Crippen molar-refractivity contribution in [1.82, 2.24) is 0 Å². The van der Waals surface area contributed by atoms with Crippen LogP contribution in [-0.2, 0) is 14.3 Å². The molecule has 0 atom stereocenters. The number of hydrogen-bond acceptors (Lipinski definition) is 5. The standard InChI is InChI=1S/C6H11N3O4.ClH/c1-2-12-6(11)13-4(10)3-9-5(7)8;/h2-3H2,1H3,(H4,7,8,9);1H. The molecule has 0 radical (unpaired) electrons. The van der Waals surface area contributed by atoms with Gasteiger partial charge in [-0.25, -0.2) is 14.6 Å². The van der Waals surface area contributed by atoms with Gasteiger partial charge in [0, 0.05) is 0 Å². The smallest absolute Gasteiger partial charge is 0.434 e. The highest BCUT2D eigenvalue weighted by atomic mass is 35.5. The van der Waals surface area contributed by atoms with Crippen molar-refractivity contribution in [3.8, 4) is 0 Å². The van der Waals surface area contributed by atoms with Gasteiger partial charge in [0.25, 0.3) is 0 Å². The number of ether oxygens (including phenoxy) is 2. The molecule has 0 saturated heterocycles. The highest BCUT2D eigenvalue weighted by Gasteiger charge is 2.09. The number of carbonyl (C=O) groups is 2. The van der Waals surface area contributed by atoms with Gasteiger partial charge < -0.3 is 20.9 Å². The Kier molecular flexibility index (Phi) is 8.69. The maximum Gasteiger partial charge on any atom is 0.516 e. The van der Waals surface area contributed by atoms with Crippen LogP contribution in [0.25, 0.3) is 0 Å². The third-order valence-corrected chi connectivity index (χ3v) is 0.850. The van der Waals surface area contributed by atoms with E-state index in [1.807, 2.05) is 0 Å². The molecular formula is C6H12ClN3O4. The van der Waals surface area contributed by atoms with Gasteiger partial charge in [-0.2, -0.15) is 0 Å². The second-order valence-electron chi connectivity index (χ2n) is 1.90. The molecule has 0 aliphatic heterocycles. The average Bonchev–Trinajstić information content (AvgIpc) is 2.01. The number of esters is 1. The zero-order valence-electron chi connectivity index (χ0n) is 7.56. The minimum atomic E-state index is -1.06. The first-order chi connectivity index (χ1) is 6.06. The Morgan fingerprint density at radius 1 is 1.36 bits per heavy atom. The summed E-state index contributed by atoms with van der Waals surface area (Å²) in [6, 6.07) is 0. The van der Waals surface area contributed by atoms with Crippen LogP contribution in [0.3, 0.4) is 0 Å². The van der Waals surface area contributed by atoms with Crippen LogP contribution in [0.1, 0.15) is 6.92 Å². The van der Waals surface area contributed by atoms with Gasteiger partial charge in [-0.15, -0.1) is 12.4 Å². The maximum absolute atomic E-state index is 10.7. The van der Waals surface area contributed by atoms with Gasteiger partial charge in [-0.05, 0) is 6.92 Å². The maximum atomic E-state index is 10.7. The fraction of sp³-hybridized carbons (Fsp3) is 0.500. The predicted octanol–water partition coefficient (Wildman–Crippen LogP) is -0.619. The van der Waals surface area contributed by atoms with Crippen molar-refractivity contribution in [2.45, 2.75) is 6.92 Å². The van der Waals surface area contributed by atoms with E-state index in [9.17, 15) is 9.59 Å². The van der Waals surface area contributed by atoms with Crippen molar-refractivity contribution in [3.63, 3.8) is 0 Å². The van der Waals surface area contributed by atoms with E-state index in [1.165, 1.54) is 0 Å². The molecule has 0 saturated carbocycles. The molecule has 0 aliphatic carbocycles. The number of halogens is 1. The Balaban J connectivity index is 0. The average molecular weight is 226 g/mol. The number of nitrogens with zero attached hydrogens (tertiary/aromatic N) is 1. The van der Waals surface area contributed by atoms with E-state index < -0.39 is 18.7 Å². The van der Waals surface area contributed by atoms with Crippen molar-refractivity contribution in [2.75, 3.05) is 13.2 Å². The summed E-state index contributed by atoms with van der Waals surface area (Å²) in [4.78, 5) is 24.5. The monoisotopic (exact) mass is 225 g/mol. The first-order valence-electron chi connectivity index (χ1n) is 3.49. The number of hydrogen-bond donors (Lipinski definition) is 2. The van der Waals surface area contributed by atoms with Gasteiger partial charge in [-0.3, -0.25) is 0 Å². The molecule has 4 N–H and O–H groups in total. The van der Waals surface area contributed by atoms with Gasteiger partial charge in [-0.1, -0.05) is 0 Å². The van der Waals surface area contributed by atoms with Crippen molar-refractivity contribution < 1.29 is 19.1 Å². The summed E-state index contributed by atoms with van der Waals surface area (Å²) in [5, 5.41) is 0. The van der Waals surface area contributed by atoms with E-state index >= 15 is 0 Å². The van der Waals surface area contributed by atoms with Crippen molar-refractivity contribution >= 4 is 30.5 Å². The van der Waals surface area contributed by atoms with Crippen LogP contribution >= 0.6 is 12.4 Å². The van der Waals surface area contributed by atoms with Gasteiger partial charge in [0.2, 0.25) is 0 Å². The topological polar surface area (TPSA) is 117 Å². The molecule has 0 spiro atoms. The number of aliphatic imine (C=N–C) groups is 1. The number of rotatable bonds is 3. The van der Waals surface area contributed by atoms with Gasteiger partial charge >= 0.3 is 12.1 Å². The first-order valence-corrected chi connectivity index (χ1v) is 3.49. The Labute approximate surface area is 86.8 Å². The van der Waals surface area contributed by atoms with E-state index in [0.717, 1.165) is 0 Å². The highest BCUT2D eigenvalue weighted by Crippen LogP contribution is 1.86. The minimum Gasteiger partial charge on any atom is -0.434 e. The fourth-order valence-corrected chi connectivity index (χ4v) is 0.428. The van der Waals surface area contributed by atoms with Crippen molar-refractivity contribution in [3.05, 3.63) is 0 Å². The van der Waals surface area contributed by atoms with E-state index in [-0.39, 0.29) is 25.0 Å². The first kappa shape index (κ1) is 15.0. The molecule has 0 rings (SSSR count). The number of guanidine groups is 1. The molecule has 14 heavy (non-hydrogen) atoms. The summed E-state index contributed by atoms with van der Waals surface area (Å²) in [5.74, 6) is -1.12. The Morgan fingerprint density at radius 3 is 2.36 bits per heavy atom. The number of carbonyl (C=O) groups excluding carboxylic acids is 2. The lowest BCUT2D eigenvalue weighted by molar-refractivity contribution is -0.138. The third-order valence-electron chi connectivity index (χ3n) is 0.850. The van der Waals surface area contributed by atoms with Crippen LogP contribution in [0, 0.1) is 0 Å². The van der Waals surface area contributed by atoms with Gasteiger partial charge in [0.1, 0.15) is 6.54 Å². The summed E-state index contributed by atoms with van der Waals surface area (Å²) in [5.41, 5.74) is 9.87. The molecule has 0 heterocycles. The Morgan fingerprint density at radius 2 is 1.93 bits per heavy atom.